The van der Waals surface area contributed by atoms with Crippen LogP contribution in [0.4, 0.5) is 0 Å². The molecule has 2 aromatic carbocycles. The Morgan fingerprint density at radius 3 is 2.37 bits per heavy atom. The van der Waals surface area contributed by atoms with E-state index in [1.54, 1.807) is 36.5 Å². The van der Waals surface area contributed by atoms with Crippen molar-refractivity contribution >= 4 is 20.9 Å². The van der Waals surface area contributed by atoms with Gasteiger partial charge in [0.2, 0.25) is 0 Å². The number of fused-ring (bicyclic) bond motifs is 1. The number of rotatable bonds is 5. The monoisotopic (exact) mass is 385 g/mol. The summed E-state index contributed by atoms with van der Waals surface area (Å²) in [5.74, 6) is 0. The first-order valence-electron chi connectivity index (χ1n) is 9.09. The Morgan fingerprint density at radius 1 is 1.00 bits per heavy atom. The van der Waals surface area contributed by atoms with Crippen molar-refractivity contribution in [3.05, 3.63) is 66.4 Å². The van der Waals surface area contributed by atoms with Crippen LogP contribution in [0.1, 0.15) is 11.6 Å². The molecule has 0 spiro atoms. The molecule has 0 radical (unpaired) electrons. The summed E-state index contributed by atoms with van der Waals surface area (Å²) in [5.41, 5.74) is 1.47. The Bertz CT molecular complexity index is 1030. The summed E-state index contributed by atoms with van der Waals surface area (Å²) >= 11 is 0. The number of aliphatic hydroxyl groups excluding tert-OH is 1. The van der Waals surface area contributed by atoms with E-state index >= 15 is 0 Å². The number of nitrogens with zero attached hydrogens (tertiary/aromatic N) is 2. The molecule has 1 aliphatic rings. The lowest BCUT2D eigenvalue weighted by Gasteiger charge is -2.33. The van der Waals surface area contributed by atoms with Crippen molar-refractivity contribution in [3.8, 4) is 0 Å². The van der Waals surface area contributed by atoms with Gasteiger partial charge in [-0.1, -0.05) is 36.4 Å². The number of aromatic nitrogens is 1. The Morgan fingerprint density at radius 2 is 1.67 bits per heavy atom. The van der Waals surface area contributed by atoms with Gasteiger partial charge in [-0.25, -0.2) is 12.4 Å². The van der Waals surface area contributed by atoms with Gasteiger partial charge >= 0.3 is 0 Å². The first kappa shape index (κ1) is 18.2. The molecule has 2 N–H and O–H groups in total. The van der Waals surface area contributed by atoms with Gasteiger partial charge in [-0.05, 0) is 23.8 Å². The van der Waals surface area contributed by atoms with E-state index in [4.69, 9.17) is 0 Å². The van der Waals surface area contributed by atoms with Gasteiger partial charge in [0, 0.05) is 37.8 Å². The predicted molar refractivity (Wildman–Crippen MR) is 105 cm³/mol. The van der Waals surface area contributed by atoms with E-state index in [1.165, 1.54) is 3.97 Å². The molecule has 142 valence electrons. The molecule has 0 amide bonds. The zero-order valence-electron chi connectivity index (χ0n) is 15.0. The first-order valence-corrected chi connectivity index (χ1v) is 10.5. The highest BCUT2D eigenvalue weighted by atomic mass is 32.2. The third kappa shape index (κ3) is 3.27. The van der Waals surface area contributed by atoms with Crippen molar-refractivity contribution < 1.29 is 13.5 Å². The molecule has 3 aromatic rings. The summed E-state index contributed by atoms with van der Waals surface area (Å²) in [5, 5.41) is 14.3. The third-order valence-corrected chi connectivity index (χ3v) is 6.82. The number of hydrogen-bond acceptors (Lipinski definition) is 5. The normalized spacial score (nSPS) is 17.2. The summed E-state index contributed by atoms with van der Waals surface area (Å²) in [7, 11) is -3.71. The largest absolute Gasteiger partial charge is 0.394 e. The lowest BCUT2D eigenvalue weighted by atomic mass is 10.0. The van der Waals surface area contributed by atoms with Crippen LogP contribution in [-0.2, 0) is 10.0 Å². The molecule has 6 nitrogen and oxygen atoms in total. The molecule has 1 aliphatic heterocycles. The highest BCUT2D eigenvalue weighted by molar-refractivity contribution is 7.90. The topological polar surface area (TPSA) is 74.6 Å². The predicted octanol–water partition coefficient (Wildman–Crippen LogP) is 1.82. The fraction of sp³-hybridized carbons (Fsp3) is 0.300. The maximum absolute atomic E-state index is 13.2. The molecule has 1 atom stereocenters. The second kappa shape index (κ2) is 7.44. The minimum absolute atomic E-state index is 0.0562. The van der Waals surface area contributed by atoms with Crippen molar-refractivity contribution in [1.82, 2.24) is 14.2 Å². The Labute approximate surface area is 159 Å². The van der Waals surface area contributed by atoms with Crippen LogP contribution in [0.3, 0.4) is 0 Å². The summed E-state index contributed by atoms with van der Waals surface area (Å²) in [4.78, 5) is 2.46. The Balaban J connectivity index is 1.86. The van der Waals surface area contributed by atoms with Gasteiger partial charge in [0.1, 0.15) is 0 Å². The van der Waals surface area contributed by atoms with E-state index in [9.17, 15) is 13.5 Å². The molecule has 1 aromatic heterocycles. The van der Waals surface area contributed by atoms with Gasteiger partial charge in [0.05, 0.1) is 23.1 Å². The molecule has 0 bridgehead atoms. The van der Waals surface area contributed by atoms with E-state index in [-0.39, 0.29) is 17.5 Å². The minimum Gasteiger partial charge on any atom is -0.394 e. The summed E-state index contributed by atoms with van der Waals surface area (Å²) in [6.45, 7) is 3.29. The molecular weight excluding hydrogens is 362 g/mol. The maximum atomic E-state index is 13.2. The van der Waals surface area contributed by atoms with Crippen LogP contribution in [0.15, 0.2) is 65.7 Å². The first-order chi connectivity index (χ1) is 13.1. The average molecular weight is 385 g/mol. The highest BCUT2D eigenvalue weighted by Crippen LogP contribution is 2.32. The van der Waals surface area contributed by atoms with Crippen LogP contribution in [0.5, 0.6) is 0 Å². The Hall–Kier alpha value is -2.19. The number of piperazine rings is 1. The van der Waals surface area contributed by atoms with Crippen molar-refractivity contribution in [2.45, 2.75) is 10.9 Å². The zero-order valence-corrected chi connectivity index (χ0v) is 15.8. The standard InChI is InChI=1S/C20H23N3O3S/c24-15-20(22-12-10-21-11-13-22)18-14-23(19-9-5-4-8-17(18)19)27(25,26)16-6-2-1-3-7-16/h1-9,14,20-21,24H,10-13,15H2. The lowest BCUT2D eigenvalue weighted by molar-refractivity contribution is 0.111. The van der Waals surface area contributed by atoms with Gasteiger partial charge in [0.25, 0.3) is 10.0 Å². The van der Waals surface area contributed by atoms with Gasteiger partial charge in [-0.2, -0.15) is 0 Å². The number of benzene rings is 2. The van der Waals surface area contributed by atoms with E-state index in [1.807, 2.05) is 24.3 Å². The molecule has 0 aliphatic carbocycles. The van der Waals surface area contributed by atoms with Gasteiger partial charge in [0.15, 0.2) is 0 Å². The van der Waals surface area contributed by atoms with Gasteiger partial charge in [-0.3, -0.25) is 4.90 Å². The highest BCUT2D eigenvalue weighted by Gasteiger charge is 2.28. The fourth-order valence-electron chi connectivity index (χ4n) is 3.75. The summed E-state index contributed by atoms with van der Waals surface area (Å²) in [6.07, 6.45) is 1.68. The van der Waals surface area contributed by atoms with Crippen molar-refractivity contribution in [3.63, 3.8) is 0 Å². The lowest BCUT2D eigenvalue weighted by Crippen LogP contribution is -2.46. The number of aliphatic hydroxyl groups is 1. The molecule has 27 heavy (non-hydrogen) atoms. The molecular formula is C20H23N3O3S. The van der Waals surface area contributed by atoms with Crippen LogP contribution >= 0.6 is 0 Å². The van der Waals surface area contributed by atoms with Gasteiger partial charge in [-0.15, -0.1) is 0 Å². The average Bonchev–Trinajstić information content (AvgIpc) is 3.11. The number of para-hydroxylation sites is 1. The zero-order chi connectivity index (χ0) is 18.9. The molecule has 7 heteroatoms. The molecule has 1 fully saturated rings. The maximum Gasteiger partial charge on any atom is 0.268 e. The fourth-order valence-corrected chi connectivity index (χ4v) is 5.15. The molecule has 0 saturated carbocycles. The number of nitrogens with one attached hydrogen (secondary N) is 1. The van der Waals surface area contributed by atoms with E-state index in [2.05, 4.69) is 10.2 Å². The van der Waals surface area contributed by atoms with Crippen molar-refractivity contribution in [2.24, 2.45) is 0 Å². The van der Waals surface area contributed by atoms with Gasteiger partial charge < -0.3 is 10.4 Å². The van der Waals surface area contributed by atoms with Crippen LogP contribution < -0.4 is 5.32 Å². The molecule has 1 unspecified atom stereocenters. The quantitative estimate of drug-likeness (QED) is 0.701. The SMILES string of the molecule is O=S(=O)(c1ccccc1)n1cc(C(CO)N2CCNCC2)c2ccccc21. The summed E-state index contributed by atoms with van der Waals surface area (Å²) in [6, 6.07) is 15.7. The van der Waals surface area contributed by atoms with Crippen molar-refractivity contribution in [2.75, 3.05) is 32.8 Å². The van der Waals surface area contributed by atoms with Crippen LogP contribution in [0, 0.1) is 0 Å². The minimum atomic E-state index is -3.71. The van der Waals surface area contributed by atoms with Crippen LogP contribution in [0.25, 0.3) is 10.9 Å². The molecule has 4 rings (SSSR count). The second-order valence-electron chi connectivity index (χ2n) is 6.70. The third-order valence-electron chi connectivity index (χ3n) is 5.13. The second-order valence-corrected chi connectivity index (χ2v) is 8.51. The Kier molecular flexibility index (Phi) is 5.01. The smallest absolute Gasteiger partial charge is 0.268 e. The van der Waals surface area contributed by atoms with E-state index in [0.717, 1.165) is 37.1 Å². The molecule has 2 heterocycles. The molecule has 1 saturated heterocycles. The summed E-state index contributed by atoms with van der Waals surface area (Å²) < 4.78 is 27.8. The van der Waals surface area contributed by atoms with Crippen LogP contribution in [-0.4, -0.2) is 55.2 Å². The van der Waals surface area contributed by atoms with Crippen LogP contribution in [0.2, 0.25) is 0 Å². The van der Waals surface area contributed by atoms with E-state index < -0.39 is 10.0 Å². The van der Waals surface area contributed by atoms with E-state index in [0.29, 0.717) is 5.52 Å². The van der Waals surface area contributed by atoms with Crippen molar-refractivity contribution in [1.29, 1.82) is 0 Å². The number of hydrogen-bond donors (Lipinski definition) is 2.